The van der Waals surface area contributed by atoms with Crippen molar-refractivity contribution in [2.45, 2.75) is 39.0 Å². The zero-order valence-electron chi connectivity index (χ0n) is 15.6. The summed E-state index contributed by atoms with van der Waals surface area (Å²) in [5.41, 5.74) is 6.15. The monoisotopic (exact) mass is 399 g/mol. The number of halogens is 1. The van der Waals surface area contributed by atoms with Crippen molar-refractivity contribution >= 4 is 34.8 Å². The van der Waals surface area contributed by atoms with Crippen LogP contribution in [0.25, 0.3) is 0 Å². The fourth-order valence-corrected chi connectivity index (χ4v) is 3.43. The molecule has 0 spiro atoms. The number of nitrogens with zero attached hydrogens (tertiary/aromatic N) is 1. The summed E-state index contributed by atoms with van der Waals surface area (Å²) in [4.78, 5) is 24.5. The number of phenolic OH excluding ortho intramolecular Hbond substituents is 1. The van der Waals surface area contributed by atoms with Gasteiger partial charge in [-0.25, -0.2) is 5.43 Å². The molecule has 3 N–H and O–H groups in total. The Morgan fingerprint density at radius 2 is 1.96 bits per heavy atom. The third-order valence-electron chi connectivity index (χ3n) is 4.64. The smallest absolute Gasteiger partial charge is 0.275 e. The Morgan fingerprint density at radius 1 is 1.18 bits per heavy atom. The van der Waals surface area contributed by atoms with Crippen LogP contribution in [0.15, 0.2) is 41.5 Å². The van der Waals surface area contributed by atoms with Gasteiger partial charge in [0.25, 0.3) is 5.91 Å². The van der Waals surface area contributed by atoms with Crippen LogP contribution in [0.5, 0.6) is 5.75 Å². The number of nitrogens with one attached hydrogen (secondary N) is 2. The van der Waals surface area contributed by atoms with Crippen molar-refractivity contribution in [1.29, 1.82) is 0 Å². The fraction of sp³-hybridized carbons (Fsp3) is 0.286. The van der Waals surface area contributed by atoms with E-state index in [1.807, 2.05) is 12.1 Å². The van der Waals surface area contributed by atoms with Gasteiger partial charge in [-0.1, -0.05) is 23.7 Å². The van der Waals surface area contributed by atoms with E-state index < -0.39 is 5.91 Å². The molecule has 28 heavy (non-hydrogen) atoms. The number of aromatic hydroxyl groups is 1. The zero-order valence-corrected chi connectivity index (χ0v) is 16.3. The molecule has 1 aliphatic carbocycles. The molecular formula is C21H22ClN3O3. The van der Waals surface area contributed by atoms with E-state index in [9.17, 15) is 14.7 Å². The third-order valence-corrected chi connectivity index (χ3v) is 4.87. The number of hydrogen-bond donors (Lipinski definition) is 3. The van der Waals surface area contributed by atoms with E-state index in [2.05, 4.69) is 21.9 Å². The first-order chi connectivity index (χ1) is 13.4. The van der Waals surface area contributed by atoms with Crippen LogP contribution < -0.4 is 10.7 Å². The van der Waals surface area contributed by atoms with E-state index in [1.165, 1.54) is 35.7 Å². The fourth-order valence-electron chi connectivity index (χ4n) is 3.26. The average molecular weight is 400 g/mol. The van der Waals surface area contributed by atoms with Crippen LogP contribution in [0.3, 0.4) is 0 Å². The van der Waals surface area contributed by atoms with Crippen LogP contribution in [0.2, 0.25) is 5.02 Å². The molecular weight excluding hydrogens is 378 g/mol. The molecule has 0 radical (unpaired) electrons. The lowest BCUT2D eigenvalue weighted by Gasteiger charge is -2.19. The number of hydrazone groups is 1. The molecule has 0 saturated carbocycles. The SMILES string of the molecule is C/C(CC(=O)Nc1cccc2c1CCCC2)=N/NC(=O)c1cc(Cl)ccc1O. The van der Waals surface area contributed by atoms with Crippen LogP contribution >= 0.6 is 11.6 Å². The van der Waals surface area contributed by atoms with Crippen molar-refractivity contribution in [1.82, 2.24) is 5.43 Å². The Hall–Kier alpha value is -2.86. The highest BCUT2D eigenvalue weighted by molar-refractivity contribution is 6.31. The van der Waals surface area contributed by atoms with Gasteiger partial charge < -0.3 is 10.4 Å². The van der Waals surface area contributed by atoms with Crippen LogP contribution in [-0.2, 0) is 17.6 Å². The molecule has 2 amide bonds. The summed E-state index contributed by atoms with van der Waals surface area (Å²) in [6.07, 6.45) is 4.37. The van der Waals surface area contributed by atoms with Gasteiger partial charge in [0.05, 0.1) is 12.0 Å². The summed E-state index contributed by atoms with van der Waals surface area (Å²) in [7, 11) is 0. The molecule has 0 unspecified atom stereocenters. The number of fused-ring (bicyclic) bond motifs is 1. The molecule has 3 rings (SSSR count). The molecule has 0 heterocycles. The van der Waals surface area contributed by atoms with Gasteiger partial charge in [0.15, 0.2) is 0 Å². The molecule has 0 aliphatic heterocycles. The van der Waals surface area contributed by atoms with Gasteiger partial charge in [0.2, 0.25) is 5.91 Å². The lowest BCUT2D eigenvalue weighted by atomic mass is 9.90. The maximum atomic E-state index is 12.4. The minimum atomic E-state index is -0.600. The summed E-state index contributed by atoms with van der Waals surface area (Å²) in [6, 6.07) is 10.1. The van der Waals surface area contributed by atoms with Crippen molar-refractivity contribution < 1.29 is 14.7 Å². The summed E-state index contributed by atoms with van der Waals surface area (Å²) in [5, 5.41) is 17.0. The van der Waals surface area contributed by atoms with Gasteiger partial charge in [-0.05, 0) is 68.0 Å². The molecule has 0 atom stereocenters. The number of hydrogen-bond acceptors (Lipinski definition) is 4. The van der Waals surface area contributed by atoms with E-state index in [0.29, 0.717) is 10.7 Å². The van der Waals surface area contributed by atoms with Crippen LogP contribution in [-0.4, -0.2) is 22.6 Å². The summed E-state index contributed by atoms with van der Waals surface area (Å²) in [6.45, 7) is 1.65. The van der Waals surface area contributed by atoms with Gasteiger partial charge in [-0.15, -0.1) is 0 Å². The first-order valence-corrected chi connectivity index (χ1v) is 9.54. The van der Waals surface area contributed by atoms with Gasteiger partial charge >= 0.3 is 0 Å². The second-order valence-corrected chi connectivity index (χ2v) is 7.26. The Morgan fingerprint density at radius 3 is 2.79 bits per heavy atom. The summed E-state index contributed by atoms with van der Waals surface area (Å²) < 4.78 is 0. The molecule has 6 nitrogen and oxygen atoms in total. The number of aryl methyl sites for hydroxylation is 1. The number of carbonyl (C=O) groups is 2. The summed E-state index contributed by atoms with van der Waals surface area (Å²) >= 11 is 5.84. The predicted molar refractivity (Wildman–Crippen MR) is 110 cm³/mol. The number of rotatable bonds is 5. The van der Waals surface area contributed by atoms with E-state index >= 15 is 0 Å². The van der Waals surface area contributed by atoms with Crippen molar-refractivity contribution in [3.63, 3.8) is 0 Å². The number of carbonyl (C=O) groups excluding carboxylic acids is 2. The van der Waals surface area contributed by atoms with E-state index in [0.717, 1.165) is 24.9 Å². The normalized spacial score (nSPS) is 13.6. The Bertz CT molecular complexity index is 940. The Kier molecular flexibility index (Phi) is 6.31. The third kappa shape index (κ3) is 4.89. The summed E-state index contributed by atoms with van der Waals surface area (Å²) in [5.74, 6) is -0.988. The maximum absolute atomic E-state index is 12.4. The number of amides is 2. The quantitative estimate of drug-likeness (QED) is 0.523. The molecule has 0 bridgehead atoms. The van der Waals surface area contributed by atoms with Gasteiger partial charge in [-0.3, -0.25) is 9.59 Å². The Balaban J connectivity index is 1.60. The second-order valence-electron chi connectivity index (χ2n) is 6.82. The highest BCUT2D eigenvalue weighted by Gasteiger charge is 2.15. The van der Waals surface area contributed by atoms with E-state index in [-0.39, 0.29) is 23.6 Å². The van der Waals surface area contributed by atoms with Crippen molar-refractivity contribution in [3.05, 3.63) is 58.1 Å². The number of benzene rings is 2. The lowest BCUT2D eigenvalue weighted by molar-refractivity contribution is -0.115. The number of anilines is 1. The minimum absolute atomic E-state index is 0.0180. The van der Waals surface area contributed by atoms with Crippen molar-refractivity contribution in [2.75, 3.05) is 5.32 Å². The van der Waals surface area contributed by atoms with Gasteiger partial charge in [0, 0.05) is 16.4 Å². The molecule has 146 valence electrons. The highest BCUT2D eigenvalue weighted by Crippen LogP contribution is 2.28. The largest absolute Gasteiger partial charge is 0.507 e. The first kappa shape index (κ1) is 19.9. The van der Waals surface area contributed by atoms with Crippen LogP contribution in [0, 0.1) is 0 Å². The van der Waals surface area contributed by atoms with Crippen LogP contribution in [0.4, 0.5) is 5.69 Å². The molecule has 0 fully saturated rings. The first-order valence-electron chi connectivity index (χ1n) is 9.16. The standard InChI is InChI=1S/C21H22ClN3O3/c1-13(24-25-21(28)17-12-15(22)9-10-19(17)26)11-20(27)23-18-8-4-6-14-5-2-3-7-16(14)18/h4,6,8-10,12,26H,2-3,5,7,11H2,1H3,(H,23,27)(H,25,28)/b24-13-. The molecule has 7 heteroatoms. The predicted octanol–water partition coefficient (Wildman–Crippen LogP) is 4.06. The van der Waals surface area contributed by atoms with Gasteiger partial charge in [-0.2, -0.15) is 5.10 Å². The second kappa shape index (κ2) is 8.89. The van der Waals surface area contributed by atoms with Crippen molar-refractivity contribution in [3.8, 4) is 5.75 Å². The molecule has 1 aliphatic rings. The van der Waals surface area contributed by atoms with E-state index in [4.69, 9.17) is 11.6 Å². The van der Waals surface area contributed by atoms with E-state index in [1.54, 1.807) is 6.92 Å². The molecule has 2 aromatic rings. The molecule has 2 aromatic carbocycles. The average Bonchev–Trinajstić information content (AvgIpc) is 2.68. The van der Waals surface area contributed by atoms with Crippen molar-refractivity contribution in [2.24, 2.45) is 5.10 Å². The molecule has 0 saturated heterocycles. The van der Waals surface area contributed by atoms with Gasteiger partial charge in [0.1, 0.15) is 5.75 Å². The van der Waals surface area contributed by atoms with Crippen LogP contribution in [0.1, 0.15) is 47.7 Å². The molecule has 0 aromatic heterocycles. The zero-order chi connectivity index (χ0) is 20.1. The lowest BCUT2D eigenvalue weighted by Crippen LogP contribution is -2.22. The highest BCUT2D eigenvalue weighted by atomic mass is 35.5. The number of phenols is 1. The topological polar surface area (TPSA) is 90.8 Å². The minimum Gasteiger partial charge on any atom is -0.507 e. The Labute approximate surface area is 168 Å². The maximum Gasteiger partial charge on any atom is 0.275 e.